The maximum Gasteiger partial charge on any atom is 0.0284 e. The van der Waals surface area contributed by atoms with E-state index in [1.165, 1.54) is 58.2 Å². The highest BCUT2D eigenvalue weighted by molar-refractivity contribution is 8.00. The van der Waals surface area contributed by atoms with Gasteiger partial charge in [-0.05, 0) is 44.8 Å². The first-order valence-corrected chi connectivity index (χ1v) is 8.97. The molecular formula is C15H28N2S. The average Bonchev–Trinajstić information content (AvgIpc) is 3.13. The third-order valence-electron chi connectivity index (χ3n) is 5.36. The van der Waals surface area contributed by atoms with Crippen LogP contribution in [0, 0.1) is 5.92 Å². The Bertz CT molecular complexity index is 284. The molecule has 2 saturated carbocycles. The van der Waals surface area contributed by atoms with E-state index in [4.69, 9.17) is 0 Å². The maximum atomic E-state index is 3.77. The standard InChI is InChI=1S/C15H28N2S/c1-12-9-16-14(13-5-6-13)10-17(12)11-15(18-2)7-3-4-8-15/h12-14,16H,3-11H2,1-2H3. The molecule has 0 aromatic heterocycles. The van der Waals surface area contributed by atoms with E-state index < -0.39 is 0 Å². The van der Waals surface area contributed by atoms with E-state index in [0.29, 0.717) is 4.75 Å². The van der Waals surface area contributed by atoms with Gasteiger partial charge in [0.15, 0.2) is 0 Å². The van der Waals surface area contributed by atoms with Gasteiger partial charge in [0.25, 0.3) is 0 Å². The van der Waals surface area contributed by atoms with Crippen molar-refractivity contribution >= 4 is 11.8 Å². The molecule has 1 heterocycles. The van der Waals surface area contributed by atoms with E-state index in [-0.39, 0.29) is 0 Å². The Morgan fingerprint density at radius 2 is 2.00 bits per heavy atom. The second kappa shape index (κ2) is 5.34. The van der Waals surface area contributed by atoms with E-state index in [0.717, 1.165) is 18.0 Å². The van der Waals surface area contributed by atoms with E-state index in [1.54, 1.807) is 0 Å². The summed E-state index contributed by atoms with van der Waals surface area (Å²) in [6, 6.07) is 1.52. The highest BCUT2D eigenvalue weighted by atomic mass is 32.2. The predicted octanol–water partition coefficient (Wildman–Crippen LogP) is 2.73. The van der Waals surface area contributed by atoms with Crippen molar-refractivity contribution in [2.75, 3.05) is 25.9 Å². The molecule has 0 spiro atoms. The number of thioether (sulfide) groups is 1. The SMILES string of the molecule is CSC1(CN2CC(C3CC3)NCC2C)CCCC1. The van der Waals surface area contributed by atoms with Gasteiger partial charge in [0.05, 0.1) is 0 Å². The minimum absolute atomic E-state index is 0.583. The van der Waals surface area contributed by atoms with Crippen LogP contribution < -0.4 is 5.32 Å². The Hall–Kier alpha value is 0.270. The van der Waals surface area contributed by atoms with Crippen molar-refractivity contribution < 1.29 is 0 Å². The number of hydrogen-bond acceptors (Lipinski definition) is 3. The van der Waals surface area contributed by atoms with Gasteiger partial charge in [0.1, 0.15) is 0 Å². The summed E-state index contributed by atoms with van der Waals surface area (Å²) < 4.78 is 0.583. The van der Waals surface area contributed by atoms with E-state index in [9.17, 15) is 0 Å². The monoisotopic (exact) mass is 268 g/mol. The van der Waals surface area contributed by atoms with Crippen LogP contribution in [0.2, 0.25) is 0 Å². The number of rotatable bonds is 4. The second-order valence-electron chi connectivity index (χ2n) is 6.72. The van der Waals surface area contributed by atoms with Crippen molar-refractivity contribution in [2.24, 2.45) is 5.92 Å². The van der Waals surface area contributed by atoms with Crippen LogP contribution in [-0.4, -0.2) is 47.6 Å². The molecular weight excluding hydrogens is 240 g/mol. The van der Waals surface area contributed by atoms with Gasteiger partial charge in [-0.1, -0.05) is 12.8 Å². The molecule has 2 aliphatic carbocycles. The minimum Gasteiger partial charge on any atom is -0.311 e. The van der Waals surface area contributed by atoms with Crippen LogP contribution >= 0.6 is 11.8 Å². The summed E-state index contributed by atoms with van der Waals surface area (Å²) in [4.78, 5) is 2.79. The van der Waals surface area contributed by atoms with Crippen LogP contribution in [0.25, 0.3) is 0 Å². The summed E-state index contributed by atoms with van der Waals surface area (Å²) in [6.07, 6.45) is 11.1. The molecule has 2 unspecified atom stereocenters. The number of nitrogens with one attached hydrogen (secondary N) is 1. The highest BCUT2D eigenvalue weighted by Crippen LogP contribution is 2.42. The Balaban J connectivity index is 1.62. The van der Waals surface area contributed by atoms with Crippen LogP contribution in [-0.2, 0) is 0 Å². The third-order valence-corrected chi connectivity index (χ3v) is 6.76. The highest BCUT2D eigenvalue weighted by Gasteiger charge is 2.40. The van der Waals surface area contributed by atoms with Gasteiger partial charge in [-0.15, -0.1) is 0 Å². The molecule has 3 heteroatoms. The minimum atomic E-state index is 0.583. The van der Waals surface area contributed by atoms with Crippen molar-refractivity contribution in [3.8, 4) is 0 Å². The largest absolute Gasteiger partial charge is 0.311 e. The first kappa shape index (κ1) is 13.3. The summed E-state index contributed by atoms with van der Waals surface area (Å²) in [6.45, 7) is 6.24. The van der Waals surface area contributed by atoms with Crippen LogP contribution in [0.5, 0.6) is 0 Å². The molecule has 3 rings (SSSR count). The molecule has 2 atom stereocenters. The van der Waals surface area contributed by atoms with Crippen molar-refractivity contribution in [1.29, 1.82) is 0 Å². The molecule has 1 N–H and O–H groups in total. The molecule has 104 valence electrons. The fourth-order valence-electron chi connectivity index (χ4n) is 3.80. The Morgan fingerprint density at radius 3 is 2.61 bits per heavy atom. The number of hydrogen-bond donors (Lipinski definition) is 1. The van der Waals surface area contributed by atoms with Gasteiger partial charge in [-0.25, -0.2) is 0 Å². The van der Waals surface area contributed by atoms with Gasteiger partial charge < -0.3 is 5.32 Å². The fourth-order valence-corrected chi connectivity index (χ4v) is 4.79. The zero-order valence-electron chi connectivity index (χ0n) is 12.0. The van der Waals surface area contributed by atoms with E-state index in [2.05, 4.69) is 35.2 Å². The molecule has 1 saturated heterocycles. The lowest BCUT2D eigenvalue weighted by Crippen LogP contribution is -2.58. The molecule has 3 fully saturated rings. The average molecular weight is 268 g/mol. The van der Waals surface area contributed by atoms with Gasteiger partial charge in [0, 0.05) is 36.5 Å². The van der Waals surface area contributed by atoms with Crippen molar-refractivity contribution in [1.82, 2.24) is 10.2 Å². The molecule has 18 heavy (non-hydrogen) atoms. The summed E-state index contributed by atoms with van der Waals surface area (Å²) in [5, 5.41) is 3.77. The predicted molar refractivity (Wildman–Crippen MR) is 80.3 cm³/mol. The molecule has 0 amide bonds. The van der Waals surface area contributed by atoms with Crippen molar-refractivity contribution in [3.05, 3.63) is 0 Å². The Morgan fingerprint density at radius 1 is 1.28 bits per heavy atom. The molecule has 0 radical (unpaired) electrons. The number of nitrogens with zero attached hydrogens (tertiary/aromatic N) is 1. The normalized spacial score (nSPS) is 37.0. The fraction of sp³-hybridized carbons (Fsp3) is 1.00. The van der Waals surface area contributed by atoms with Crippen LogP contribution in [0.3, 0.4) is 0 Å². The van der Waals surface area contributed by atoms with Crippen LogP contribution in [0.15, 0.2) is 0 Å². The Labute approximate surface area is 116 Å². The van der Waals surface area contributed by atoms with Crippen LogP contribution in [0.1, 0.15) is 45.4 Å². The molecule has 0 aromatic carbocycles. The summed E-state index contributed by atoms with van der Waals surface area (Å²) in [5.74, 6) is 0.994. The molecule has 1 aliphatic heterocycles. The lowest BCUT2D eigenvalue weighted by Gasteiger charge is -2.43. The topological polar surface area (TPSA) is 15.3 Å². The first-order valence-electron chi connectivity index (χ1n) is 7.75. The van der Waals surface area contributed by atoms with Gasteiger partial charge in [-0.3, -0.25) is 4.90 Å². The van der Waals surface area contributed by atoms with Gasteiger partial charge in [0.2, 0.25) is 0 Å². The van der Waals surface area contributed by atoms with E-state index in [1.807, 2.05) is 0 Å². The van der Waals surface area contributed by atoms with Gasteiger partial charge >= 0.3 is 0 Å². The summed E-state index contributed by atoms with van der Waals surface area (Å²) in [7, 11) is 0. The van der Waals surface area contributed by atoms with E-state index >= 15 is 0 Å². The lowest BCUT2D eigenvalue weighted by molar-refractivity contribution is 0.120. The van der Waals surface area contributed by atoms with Crippen molar-refractivity contribution in [2.45, 2.75) is 62.3 Å². The third kappa shape index (κ3) is 2.73. The molecule has 0 bridgehead atoms. The second-order valence-corrected chi connectivity index (χ2v) is 8.00. The zero-order chi connectivity index (χ0) is 12.6. The quantitative estimate of drug-likeness (QED) is 0.844. The summed E-state index contributed by atoms with van der Waals surface area (Å²) >= 11 is 2.14. The molecule has 3 aliphatic rings. The van der Waals surface area contributed by atoms with Gasteiger partial charge in [-0.2, -0.15) is 11.8 Å². The number of piperazine rings is 1. The Kier molecular flexibility index (Phi) is 3.93. The lowest BCUT2D eigenvalue weighted by atomic mass is 10.0. The zero-order valence-corrected chi connectivity index (χ0v) is 12.8. The molecule has 0 aromatic rings. The first-order chi connectivity index (χ1) is 8.72. The summed E-state index contributed by atoms with van der Waals surface area (Å²) in [5.41, 5.74) is 0. The molecule has 2 nitrogen and oxygen atoms in total. The van der Waals surface area contributed by atoms with Crippen LogP contribution in [0.4, 0.5) is 0 Å². The maximum absolute atomic E-state index is 3.77. The van der Waals surface area contributed by atoms with Crippen molar-refractivity contribution in [3.63, 3.8) is 0 Å². The smallest absolute Gasteiger partial charge is 0.0284 e.